The summed E-state index contributed by atoms with van der Waals surface area (Å²) in [5, 5.41) is 7.42. The van der Waals surface area contributed by atoms with Gasteiger partial charge in [-0.25, -0.2) is 4.68 Å². The van der Waals surface area contributed by atoms with Crippen LogP contribution >= 0.6 is 0 Å². The molecule has 0 spiro atoms. The minimum Gasteiger partial charge on any atom is -0.378 e. The van der Waals surface area contributed by atoms with Crippen LogP contribution in [0.15, 0.2) is 6.20 Å². The van der Waals surface area contributed by atoms with Gasteiger partial charge in [-0.3, -0.25) is 4.79 Å². The van der Waals surface area contributed by atoms with E-state index >= 15 is 0 Å². The first-order valence-corrected chi connectivity index (χ1v) is 5.27. The number of hydrogen-bond donors (Lipinski definition) is 0. The number of rotatable bonds is 4. The third-order valence-corrected chi connectivity index (χ3v) is 2.72. The summed E-state index contributed by atoms with van der Waals surface area (Å²) in [4.78, 5) is 11.7. The van der Waals surface area contributed by atoms with Crippen LogP contribution in [0.5, 0.6) is 0 Å². The average Bonchev–Trinajstić information content (AvgIpc) is 2.84. The molecule has 1 unspecified atom stereocenters. The molecule has 0 saturated carbocycles. The van der Waals surface area contributed by atoms with E-state index in [2.05, 4.69) is 10.3 Å². The smallest absolute Gasteiger partial charge is 0.182 e. The third-order valence-electron chi connectivity index (χ3n) is 2.72. The molecule has 1 aliphatic rings. The molecule has 0 N–H and O–H groups in total. The number of carbonyl (C=O) groups excluding carboxylic acids is 1. The van der Waals surface area contributed by atoms with Gasteiger partial charge in [0.25, 0.3) is 0 Å². The summed E-state index contributed by atoms with van der Waals surface area (Å²) in [6.07, 6.45) is 5.31. The number of aromatic nitrogens is 3. The molecule has 1 atom stereocenters. The van der Waals surface area contributed by atoms with E-state index in [1.165, 1.54) is 10.9 Å². The quantitative estimate of drug-likeness (QED) is 0.693. The van der Waals surface area contributed by atoms with Crippen molar-refractivity contribution in [2.45, 2.75) is 31.8 Å². The predicted molar refractivity (Wildman–Crippen MR) is 53.5 cm³/mol. The number of aryl methyl sites for hydroxylation is 1. The van der Waals surface area contributed by atoms with Crippen molar-refractivity contribution >= 4 is 5.78 Å². The zero-order valence-electron chi connectivity index (χ0n) is 8.85. The number of ether oxygens (including phenoxy) is 1. The van der Waals surface area contributed by atoms with Gasteiger partial charge in [0.2, 0.25) is 0 Å². The molecular formula is C10H15N3O2. The van der Waals surface area contributed by atoms with Crippen LogP contribution < -0.4 is 0 Å². The largest absolute Gasteiger partial charge is 0.378 e. The predicted octanol–water partition coefficient (Wildman–Crippen LogP) is 0.957. The van der Waals surface area contributed by atoms with Crippen molar-refractivity contribution in [3.63, 3.8) is 0 Å². The number of ketones is 1. The van der Waals surface area contributed by atoms with Crippen molar-refractivity contribution in [2.75, 3.05) is 6.61 Å². The zero-order valence-corrected chi connectivity index (χ0v) is 8.85. The molecule has 1 aromatic heterocycles. The molecule has 0 aliphatic carbocycles. The Morgan fingerprint density at radius 1 is 1.73 bits per heavy atom. The first-order chi connectivity index (χ1) is 7.27. The van der Waals surface area contributed by atoms with E-state index in [1.54, 1.807) is 7.05 Å². The van der Waals surface area contributed by atoms with Gasteiger partial charge in [-0.1, -0.05) is 5.21 Å². The van der Waals surface area contributed by atoms with Gasteiger partial charge < -0.3 is 4.74 Å². The highest BCUT2D eigenvalue weighted by Gasteiger charge is 2.18. The van der Waals surface area contributed by atoms with Crippen molar-refractivity contribution < 1.29 is 9.53 Å². The van der Waals surface area contributed by atoms with Crippen LogP contribution in [0.2, 0.25) is 0 Å². The Bertz CT molecular complexity index is 342. The standard InChI is InChI=1S/C10H15N3O2/c1-13-9(7-11-12-13)10(14)5-4-8-3-2-6-15-8/h7-8H,2-6H2,1H3. The SMILES string of the molecule is Cn1nncc1C(=O)CCC1CCCO1. The maximum atomic E-state index is 11.7. The molecule has 1 fully saturated rings. The fourth-order valence-electron chi connectivity index (χ4n) is 1.83. The van der Waals surface area contributed by atoms with E-state index in [0.717, 1.165) is 25.9 Å². The molecule has 5 heteroatoms. The number of hydrogen-bond acceptors (Lipinski definition) is 4. The molecule has 1 saturated heterocycles. The van der Waals surface area contributed by atoms with Crippen molar-refractivity contribution in [3.05, 3.63) is 11.9 Å². The lowest BCUT2D eigenvalue weighted by Crippen LogP contribution is -2.11. The van der Waals surface area contributed by atoms with Crippen LogP contribution in [-0.2, 0) is 11.8 Å². The summed E-state index contributed by atoms with van der Waals surface area (Å²) >= 11 is 0. The Hall–Kier alpha value is -1.23. The van der Waals surface area contributed by atoms with Gasteiger partial charge in [-0.05, 0) is 19.3 Å². The lowest BCUT2D eigenvalue weighted by Gasteiger charge is -2.07. The second-order valence-electron chi connectivity index (χ2n) is 3.84. The monoisotopic (exact) mass is 209 g/mol. The Labute approximate surface area is 88.4 Å². The molecule has 5 nitrogen and oxygen atoms in total. The summed E-state index contributed by atoms with van der Waals surface area (Å²) < 4.78 is 6.97. The molecule has 0 bridgehead atoms. The first kappa shape index (κ1) is 10.3. The van der Waals surface area contributed by atoms with Crippen LogP contribution in [0.1, 0.15) is 36.2 Å². The number of nitrogens with zero attached hydrogens (tertiary/aromatic N) is 3. The molecule has 0 aromatic carbocycles. The highest BCUT2D eigenvalue weighted by atomic mass is 16.5. The molecule has 0 amide bonds. The molecular weight excluding hydrogens is 194 g/mol. The number of carbonyl (C=O) groups is 1. The number of Topliss-reactive ketones (excluding diaryl/α,β-unsaturated/α-hetero) is 1. The second kappa shape index (κ2) is 4.53. The van der Waals surface area contributed by atoms with Gasteiger partial charge in [0.05, 0.1) is 12.3 Å². The van der Waals surface area contributed by atoms with Gasteiger partial charge in [0, 0.05) is 20.1 Å². The lowest BCUT2D eigenvalue weighted by molar-refractivity contribution is 0.0853. The van der Waals surface area contributed by atoms with E-state index in [4.69, 9.17) is 4.74 Å². The minimum absolute atomic E-state index is 0.0954. The second-order valence-corrected chi connectivity index (χ2v) is 3.84. The molecule has 2 rings (SSSR count). The summed E-state index contributed by atoms with van der Waals surface area (Å²) in [7, 11) is 1.73. The van der Waals surface area contributed by atoms with Crippen molar-refractivity contribution in [3.8, 4) is 0 Å². The Morgan fingerprint density at radius 2 is 2.60 bits per heavy atom. The first-order valence-electron chi connectivity index (χ1n) is 5.27. The highest BCUT2D eigenvalue weighted by molar-refractivity contribution is 5.94. The van der Waals surface area contributed by atoms with Crippen molar-refractivity contribution in [1.29, 1.82) is 0 Å². The normalized spacial score (nSPS) is 20.7. The molecule has 1 aliphatic heterocycles. The van der Waals surface area contributed by atoms with Crippen molar-refractivity contribution in [2.24, 2.45) is 7.05 Å². The Morgan fingerprint density at radius 3 is 3.20 bits per heavy atom. The van der Waals surface area contributed by atoms with Gasteiger partial charge in [-0.2, -0.15) is 0 Å². The summed E-state index contributed by atoms with van der Waals surface area (Å²) in [6, 6.07) is 0. The van der Waals surface area contributed by atoms with Gasteiger partial charge >= 0.3 is 0 Å². The van der Waals surface area contributed by atoms with Crippen LogP contribution in [0.4, 0.5) is 0 Å². The van der Waals surface area contributed by atoms with E-state index in [1.807, 2.05) is 0 Å². The van der Waals surface area contributed by atoms with Crippen LogP contribution in [0, 0.1) is 0 Å². The fourth-order valence-corrected chi connectivity index (χ4v) is 1.83. The van der Waals surface area contributed by atoms with Crippen LogP contribution in [0.3, 0.4) is 0 Å². The fraction of sp³-hybridized carbons (Fsp3) is 0.700. The van der Waals surface area contributed by atoms with Crippen molar-refractivity contribution in [1.82, 2.24) is 15.0 Å². The van der Waals surface area contributed by atoms with E-state index in [-0.39, 0.29) is 11.9 Å². The molecule has 1 aromatic rings. The van der Waals surface area contributed by atoms with Crippen LogP contribution in [-0.4, -0.2) is 33.5 Å². The average molecular weight is 209 g/mol. The maximum Gasteiger partial charge on any atom is 0.182 e. The topological polar surface area (TPSA) is 57.0 Å². The van der Waals surface area contributed by atoms with Gasteiger partial charge in [0.15, 0.2) is 5.78 Å². The summed E-state index contributed by atoms with van der Waals surface area (Å²) in [6.45, 7) is 0.839. The van der Waals surface area contributed by atoms with E-state index < -0.39 is 0 Å². The van der Waals surface area contributed by atoms with Crippen LogP contribution in [0.25, 0.3) is 0 Å². The Kier molecular flexibility index (Phi) is 3.11. The molecule has 82 valence electrons. The molecule has 2 heterocycles. The molecule has 0 radical (unpaired) electrons. The van der Waals surface area contributed by atoms with E-state index in [9.17, 15) is 4.79 Å². The lowest BCUT2D eigenvalue weighted by atomic mass is 10.1. The minimum atomic E-state index is 0.0954. The maximum absolute atomic E-state index is 11.7. The van der Waals surface area contributed by atoms with Gasteiger partial charge in [0.1, 0.15) is 5.69 Å². The van der Waals surface area contributed by atoms with Gasteiger partial charge in [-0.15, -0.1) is 5.10 Å². The molecule has 15 heavy (non-hydrogen) atoms. The summed E-state index contributed by atoms with van der Waals surface area (Å²) in [5.41, 5.74) is 0.577. The Balaban J connectivity index is 1.84. The van der Waals surface area contributed by atoms with E-state index in [0.29, 0.717) is 12.1 Å². The summed E-state index contributed by atoms with van der Waals surface area (Å²) in [5.74, 6) is 0.0954. The highest BCUT2D eigenvalue weighted by Crippen LogP contribution is 2.17. The zero-order chi connectivity index (χ0) is 10.7. The third kappa shape index (κ3) is 2.41.